The summed E-state index contributed by atoms with van der Waals surface area (Å²) >= 11 is 0. The van der Waals surface area contributed by atoms with Crippen LogP contribution in [0.25, 0.3) is 118 Å². The Morgan fingerprint density at radius 2 is 0.567 bits per heavy atom. The maximum atomic E-state index is 5.14. The van der Waals surface area contributed by atoms with Gasteiger partial charge in [0.25, 0.3) is 0 Å². The molecule has 67 heavy (non-hydrogen) atoms. The molecular weight excluding hydrogens is 823 g/mol. The van der Waals surface area contributed by atoms with E-state index in [-0.39, 0.29) is 0 Å². The fourth-order valence-corrected chi connectivity index (χ4v) is 8.65. The molecule has 314 valence electrons. The molecule has 9 nitrogen and oxygen atoms in total. The summed E-state index contributed by atoms with van der Waals surface area (Å²) in [6, 6.07) is 71.3. The van der Waals surface area contributed by atoms with Gasteiger partial charge >= 0.3 is 0 Å². The van der Waals surface area contributed by atoms with Gasteiger partial charge in [-0.1, -0.05) is 182 Å². The van der Waals surface area contributed by atoms with Crippen LogP contribution in [-0.4, -0.2) is 44.4 Å². The Balaban J connectivity index is 1.02. The number of benzene rings is 7. The first-order chi connectivity index (χ1) is 33.2. The van der Waals surface area contributed by atoms with Gasteiger partial charge in [0.05, 0.1) is 22.4 Å². The second-order valence-corrected chi connectivity index (χ2v) is 16.0. The monoisotopic (exact) mass is 859 g/mol. The molecule has 0 unspecified atom stereocenters. The molecule has 0 atom stereocenters. The number of aromatic nitrogens is 9. The Kier molecular flexibility index (Phi) is 9.95. The van der Waals surface area contributed by atoms with Crippen LogP contribution in [0, 0.1) is 0 Å². The number of hydrogen-bond donors (Lipinski definition) is 0. The molecule has 0 N–H and O–H groups in total. The van der Waals surface area contributed by atoms with Crippen molar-refractivity contribution in [3.05, 3.63) is 225 Å². The molecule has 9 heteroatoms. The van der Waals surface area contributed by atoms with E-state index in [1.54, 1.807) is 0 Å². The van der Waals surface area contributed by atoms with E-state index in [4.69, 9.17) is 39.9 Å². The molecule has 12 rings (SSSR count). The highest BCUT2D eigenvalue weighted by atomic mass is 15.0. The Labute approximate surface area is 385 Å². The average molecular weight is 860 g/mol. The molecule has 0 fully saturated rings. The Hall–Kier alpha value is -9.34. The molecule has 0 spiro atoms. The smallest absolute Gasteiger partial charge is 0.164 e. The standard InChI is InChI=1S/C58H37N9/c1-6-17-39(18-7-1)53-61-54(40-19-8-2-9-20-40)64-57(63-53)43-31-29-38(30-32-43)51-49-47(33-35-59-51)67(46-27-14-5-15-28-46)48-34-36-60-52(50(48)49)44-25-16-26-45(37-44)58-65-55(41-21-10-3-11-22-41)62-56(66-58)42-23-12-4-13-24-42/h1-37H. The van der Waals surface area contributed by atoms with E-state index in [1.165, 1.54) is 0 Å². The molecule has 0 amide bonds. The van der Waals surface area contributed by atoms with Gasteiger partial charge in [-0.05, 0) is 30.3 Å². The first kappa shape index (κ1) is 39.3. The quantitative estimate of drug-likeness (QED) is 0.141. The molecule has 0 aliphatic heterocycles. The van der Waals surface area contributed by atoms with Crippen molar-refractivity contribution in [2.24, 2.45) is 0 Å². The summed E-state index contributed by atoms with van der Waals surface area (Å²) in [5.74, 6) is 3.59. The van der Waals surface area contributed by atoms with Crippen molar-refractivity contribution in [2.75, 3.05) is 0 Å². The maximum absolute atomic E-state index is 5.14. The lowest BCUT2D eigenvalue weighted by atomic mass is 9.99. The van der Waals surface area contributed by atoms with Crippen LogP contribution < -0.4 is 0 Å². The highest BCUT2D eigenvalue weighted by molar-refractivity contribution is 6.19. The lowest BCUT2D eigenvalue weighted by molar-refractivity contribution is 1.07. The minimum absolute atomic E-state index is 0.570. The summed E-state index contributed by atoms with van der Waals surface area (Å²) in [4.78, 5) is 40.1. The molecular formula is C58H37N9. The van der Waals surface area contributed by atoms with Crippen LogP contribution in [-0.2, 0) is 0 Å². The predicted molar refractivity (Wildman–Crippen MR) is 267 cm³/mol. The second kappa shape index (κ2) is 17.0. The van der Waals surface area contributed by atoms with Gasteiger partial charge in [-0.2, -0.15) is 0 Å². The molecule has 0 saturated carbocycles. The first-order valence-corrected chi connectivity index (χ1v) is 22.0. The van der Waals surface area contributed by atoms with Crippen LogP contribution in [0.15, 0.2) is 225 Å². The Morgan fingerprint density at radius 3 is 0.985 bits per heavy atom. The number of nitrogens with zero attached hydrogens (tertiary/aromatic N) is 9. The molecule has 0 bridgehead atoms. The van der Waals surface area contributed by atoms with Gasteiger partial charge in [0.15, 0.2) is 34.9 Å². The fraction of sp³-hybridized carbons (Fsp3) is 0. The van der Waals surface area contributed by atoms with E-state index >= 15 is 0 Å². The van der Waals surface area contributed by atoms with Crippen molar-refractivity contribution in [2.45, 2.75) is 0 Å². The summed E-state index contributed by atoms with van der Waals surface area (Å²) < 4.78 is 2.30. The predicted octanol–water partition coefficient (Wildman–Crippen LogP) is 13.3. The van der Waals surface area contributed by atoms with Crippen molar-refractivity contribution < 1.29 is 0 Å². The zero-order valence-electron chi connectivity index (χ0n) is 35.9. The van der Waals surface area contributed by atoms with Crippen LogP contribution in [0.1, 0.15) is 0 Å². The second-order valence-electron chi connectivity index (χ2n) is 16.0. The largest absolute Gasteiger partial charge is 0.309 e. The van der Waals surface area contributed by atoms with Crippen LogP contribution in [0.4, 0.5) is 0 Å². The van der Waals surface area contributed by atoms with Crippen LogP contribution in [0.2, 0.25) is 0 Å². The van der Waals surface area contributed by atoms with E-state index < -0.39 is 0 Å². The van der Waals surface area contributed by atoms with Crippen molar-refractivity contribution in [1.29, 1.82) is 0 Å². The lowest BCUT2D eigenvalue weighted by Gasteiger charge is -2.11. The van der Waals surface area contributed by atoms with Gasteiger partial charge in [0.1, 0.15) is 0 Å². The molecule has 7 aromatic carbocycles. The highest BCUT2D eigenvalue weighted by Gasteiger charge is 2.22. The summed E-state index contributed by atoms with van der Waals surface area (Å²) in [6.45, 7) is 0. The third-order valence-electron chi connectivity index (χ3n) is 11.8. The van der Waals surface area contributed by atoms with Crippen molar-refractivity contribution in [3.63, 3.8) is 0 Å². The summed E-state index contributed by atoms with van der Waals surface area (Å²) in [5, 5.41) is 1.96. The molecule has 0 saturated heterocycles. The summed E-state index contributed by atoms with van der Waals surface area (Å²) in [6.07, 6.45) is 3.77. The molecule has 12 aromatic rings. The third-order valence-corrected chi connectivity index (χ3v) is 11.8. The normalized spacial score (nSPS) is 11.3. The fourth-order valence-electron chi connectivity index (χ4n) is 8.65. The minimum atomic E-state index is 0.570. The topological polar surface area (TPSA) is 108 Å². The molecule has 5 heterocycles. The van der Waals surface area contributed by atoms with Crippen molar-refractivity contribution >= 4 is 21.8 Å². The average Bonchev–Trinajstić information content (AvgIpc) is 3.77. The number of hydrogen-bond acceptors (Lipinski definition) is 8. The molecule has 0 radical (unpaired) electrons. The Bertz CT molecular complexity index is 3600. The van der Waals surface area contributed by atoms with Crippen molar-refractivity contribution in [3.8, 4) is 96.5 Å². The van der Waals surface area contributed by atoms with Crippen molar-refractivity contribution in [1.82, 2.24) is 44.4 Å². The van der Waals surface area contributed by atoms with Gasteiger partial charge < -0.3 is 4.57 Å². The minimum Gasteiger partial charge on any atom is -0.309 e. The van der Waals surface area contributed by atoms with Gasteiger partial charge in [-0.15, -0.1) is 0 Å². The molecule has 0 aliphatic rings. The van der Waals surface area contributed by atoms with E-state index in [0.717, 1.165) is 83.4 Å². The van der Waals surface area contributed by atoms with Crippen LogP contribution in [0.3, 0.4) is 0 Å². The number of para-hydroxylation sites is 1. The SMILES string of the molecule is c1ccc(-c2nc(-c3ccccc3)nc(-c3ccc(-c4nccc5c4c4c(-c6cccc(-c7nc(-c8ccccc8)nc(-c8ccccc8)n7)c6)nccc4n5-c4ccccc4)cc3)n2)cc1. The molecule has 5 aromatic heterocycles. The van der Waals surface area contributed by atoms with Crippen LogP contribution in [0.5, 0.6) is 0 Å². The number of rotatable bonds is 9. The third kappa shape index (κ3) is 7.46. The van der Waals surface area contributed by atoms with E-state index in [9.17, 15) is 0 Å². The maximum Gasteiger partial charge on any atom is 0.164 e. The zero-order valence-corrected chi connectivity index (χ0v) is 35.9. The lowest BCUT2D eigenvalue weighted by Crippen LogP contribution is -2.00. The van der Waals surface area contributed by atoms with E-state index in [0.29, 0.717) is 34.9 Å². The van der Waals surface area contributed by atoms with Gasteiger partial charge in [-0.25, -0.2) is 29.9 Å². The van der Waals surface area contributed by atoms with E-state index in [1.807, 2.05) is 152 Å². The molecule has 0 aliphatic carbocycles. The van der Waals surface area contributed by atoms with E-state index in [2.05, 4.69) is 77.4 Å². The summed E-state index contributed by atoms with van der Waals surface area (Å²) in [5.41, 5.74) is 11.9. The Morgan fingerprint density at radius 1 is 0.254 bits per heavy atom. The van der Waals surface area contributed by atoms with Gasteiger partial charge in [0.2, 0.25) is 0 Å². The van der Waals surface area contributed by atoms with Gasteiger partial charge in [0, 0.05) is 73.4 Å². The highest BCUT2D eigenvalue weighted by Crippen LogP contribution is 2.42. The first-order valence-electron chi connectivity index (χ1n) is 22.0. The zero-order chi connectivity index (χ0) is 44.5. The van der Waals surface area contributed by atoms with Crippen LogP contribution >= 0.6 is 0 Å². The summed E-state index contributed by atoms with van der Waals surface area (Å²) in [7, 11) is 0. The number of fused-ring (bicyclic) bond motifs is 3. The van der Waals surface area contributed by atoms with Gasteiger partial charge in [-0.3, -0.25) is 9.97 Å². The number of pyridine rings is 2.